The van der Waals surface area contributed by atoms with Gasteiger partial charge in [-0.15, -0.1) is 0 Å². The maximum absolute atomic E-state index is 7.67. The molecule has 17 heavy (non-hydrogen) atoms. The van der Waals surface area contributed by atoms with Crippen molar-refractivity contribution in [1.82, 2.24) is 0 Å². The number of hydrogen-bond donors (Lipinski definition) is 2. The van der Waals surface area contributed by atoms with Crippen LogP contribution in [-0.2, 0) is 0 Å². The molecule has 1 aromatic carbocycles. The Morgan fingerprint density at radius 1 is 1.35 bits per heavy atom. The summed E-state index contributed by atoms with van der Waals surface area (Å²) in [5, 5.41) is 7.67. The highest BCUT2D eigenvalue weighted by Crippen LogP contribution is 2.24. The summed E-state index contributed by atoms with van der Waals surface area (Å²) in [5.41, 5.74) is 8.87. The molecule has 0 radical (unpaired) electrons. The van der Waals surface area contributed by atoms with Gasteiger partial charge in [0.15, 0.2) is 0 Å². The lowest BCUT2D eigenvalue weighted by atomic mass is 10.1. The third-order valence-corrected chi connectivity index (χ3v) is 4.05. The predicted molar refractivity (Wildman–Crippen MR) is 76.4 cm³/mol. The van der Waals surface area contributed by atoms with Crippen LogP contribution in [0, 0.1) is 12.3 Å². The van der Waals surface area contributed by atoms with Gasteiger partial charge in [-0.2, -0.15) is 11.8 Å². The van der Waals surface area contributed by atoms with Gasteiger partial charge in [-0.1, -0.05) is 6.07 Å². The molecule has 1 aliphatic rings. The van der Waals surface area contributed by atoms with Gasteiger partial charge in [0.25, 0.3) is 0 Å². The molecule has 3 N–H and O–H groups in total. The van der Waals surface area contributed by atoms with Crippen molar-refractivity contribution in [2.75, 3.05) is 29.5 Å². The monoisotopic (exact) mass is 249 g/mol. The van der Waals surface area contributed by atoms with Crippen molar-refractivity contribution in [3.63, 3.8) is 0 Å². The maximum Gasteiger partial charge on any atom is 0.124 e. The molecular weight excluding hydrogens is 230 g/mol. The van der Waals surface area contributed by atoms with Crippen LogP contribution in [0.4, 0.5) is 5.69 Å². The molecule has 0 atom stereocenters. The van der Waals surface area contributed by atoms with Crippen molar-refractivity contribution in [1.29, 1.82) is 5.41 Å². The fourth-order valence-corrected chi connectivity index (χ4v) is 3.00. The first-order valence-electron chi connectivity index (χ1n) is 5.96. The van der Waals surface area contributed by atoms with Gasteiger partial charge in [-0.25, -0.2) is 0 Å². The lowest BCUT2D eigenvalue weighted by Gasteiger charge is -2.25. The van der Waals surface area contributed by atoms with Crippen molar-refractivity contribution >= 4 is 23.3 Å². The molecule has 0 aromatic heterocycles. The number of thioether (sulfide) groups is 1. The average Bonchev–Trinajstić information content (AvgIpc) is 2.56. The molecule has 2 rings (SSSR count). The van der Waals surface area contributed by atoms with E-state index < -0.39 is 0 Å². The number of nitrogens with zero attached hydrogens (tertiary/aromatic N) is 1. The maximum atomic E-state index is 7.67. The molecule has 3 nitrogen and oxygen atoms in total. The molecule has 0 saturated carbocycles. The van der Waals surface area contributed by atoms with Crippen LogP contribution in [-0.4, -0.2) is 30.4 Å². The van der Waals surface area contributed by atoms with Gasteiger partial charge in [0, 0.05) is 30.1 Å². The van der Waals surface area contributed by atoms with E-state index in [1.807, 2.05) is 23.9 Å². The van der Waals surface area contributed by atoms with Crippen LogP contribution < -0.4 is 10.6 Å². The molecular formula is C13H19N3S. The van der Waals surface area contributed by atoms with Crippen LogP contribution in [0.15, 0.2) is 18.2 Å². The van der Waals surface area contributed by atoms with Gasteiger partial charge in [-0.3, -0.25) is 5.41 Å². The van der Waals surface area contributed by atoms with Gasteiger partial charge in [0.1, 0.15) is 5.84 Å². The molecule has 0 unspecified atom stereocenters. The number of amidine groups is 1. The van der Waals surface area contributed by atoms with E-state index in [0.717, 1.165) is 30.1 Å². The highest BCUT2D eigenvalue weighted by Gasteiger charge is 2.15. The molecule has 4 heteroatoms. The molecule has 0 bridgehead atoms. The second-order valence-electron chi connectivity index (χ2n) is 4.39. The molecule has 1 fully saturated rings. The third kappa shape index (κ3) is 2.94. The minimum Gasteiger partial charge on any atom is -0.384 e. The second-order valence-corrected chi connectivity index (χ2v) is 5.61. The Bertz CT molecular complexity index is 409. The van der Waals surface area contributed by atoms with Crippen molar-refractivity contribution < 1.29 is 0 Å². The number of nitrogens with one attached hydrogen (secondary N) is 1. The molecule has 1 saturated heterocycles. The van der Waals surface area contributed by atoms with Crippen LogP contribution in [0.3, 0.4) is 0 Å². The first kappa shape index (κ1) is 12.3. The number of anilines is 1. The summed E-state index contributed by atoms with van der Waals surface area (Å²) < 4.78 is 0. The van der Waals surface area contributed by atoms with Crippen molar-refractivity contribution in [2.24, 2.45) is 5.73 Å². The van der Waals surface area contributed by atoms with Gasteiger partial charge < -0.3 is 10.6 Å². The Morgan fingerprint density at radius 3 is 2.94 bits per heavy atom. The van der Waals surface area contributed by atoms with Crippen molar-refractivity contribution in [3.05, 3.63) is 29.3 Å². The van der Waals surface area contributed by atoms with E-state index in [1.54, 1.807) is 0 Å². The molecule has 1 aliphatic heterocycles. The zero-order valence-electron chi connectivity index (χ0n) is 10.2. The van der Waals surface area contributed by atoms with E-state index in [2.05, 4.69) is 17.9 Å². The van der Waals surface area contributed by atoms with Gasteiger partial charge in [-0.05, 0) is 36.8 Å². The number of hydrogen-bond acceptors (Lipinski definition) is 3. The summed E-state index contributed by atoms with van der Waals surface area (Å²) in [7, 11) is 0. The lowest BCUT2D eigenvalue weighted by molar-refractivity contribution is 0.815. The summed E-state index contributed by atoms with van der Waals surface area (Å²) in [5.74, 6) is 2.56. The Hall–Kier alpha value is -1.16. The SMILES string of the molecule is Cc1ccc(C(=N)N)c(N2CCCSCC2)c1. The smallest absolute Gasteiger partial charge is 0.124 e. The van der Waals surface area contributed by atoms with E-state index in [-0.39, 0.29) is 5.84 Å². The summed E-state index contributed by atoms with van der Waals surface area (Å²) in [6.45, 7) is 4.20. The lowest BCUT2D eigenvalue weighted by Crippen LogP contribution is -2.28. The zero-order chi connectivity index (χ0) is 12.3. The van der Waals surface area contributed by atoms with Crippen LogP contribution in [0.5, 0.6) is 0 Å². The second kappa shape index (κ2) is 5.45. The number of aryl methyl sites for hydroxylation is 1. The fourth-order valence-electron chi connectivity index (χ4n) is 2.12. The highest BCUT2D eigenvalue weighted by molar-refractivity contribution is 7.99. The molecule has 0 aliphatic carbocycles. The summed E-state index contributed by atoms with van der Waals surface area (Å²) in [4.78, 5) is 2.36. The van der Waals surface area contributed by atoms with E-state index in [4.69, 9.17) is 11.1 Å². The van der Waals surface area contributed by atoms with Gasteiger partial charge in [0.05, 0.1) is 0 Å². The highest BCUT2D eigenvalue weighted by atomic mass is 32.2. The van der Waals surface area contributed by atoms with E-state index in [1.165, 1.54) is 17.7 Å². The van der Waals surface area contributed by atoms with E-state index >= 15 is 0 Å². The quantitative estimate of drug-likeness (QED) is 0.624. The Labute approximate surface area is 107 Å². The number of nitrogens with two attached hydrogens (primary N) is 1. The number of rotatable bonds is 2. The van der Waals surface area contributed by atoms with Crippen LogP contribution >= 0.6 is 11.8 Å². The first-order valence-corrected chi connectivity index (χ1v) is 7.11. The number of benzene rings is 1. The van der Waals surface area contributed by atoms with Crippen molar-refractivity contribution in [2.45, 2.75) is 13.3 Å². The van der Waals surface area contributed by atoms with Gasteiger partial charge >= 0.3 is 0 Å². The topological polar surface area (TPSA) is 53.1 Å². The Kier molecular flexibility index (Phi) is 3.94. The summed E-state index contributed by atoms with van der Waals surface area (Å²) in [6, 6.07) is 6.13. The van der Waals surface area contributed by atoms with E-state index in [0.29, 0.717) is 0 Å². The van der Waals surface area contributed by atoms with Gasteiger partial charge in [0.2, 0.25) is 0 Å². The van der Waals surface area contributed by atoms with E-state index in [9.17, 15) is 0 Å². The fraction of sp³-hybridized carbons (Fsp3) is 0.462. The minimum atomic E-state index is 0.164. The normalized spacial score (nSPS) is 16.6. The Morgan fingerprint density at radius 2 is 2.18 bits per heavy atom. The molecule has 92 valence electrons. The summed E-state index contributed by atoms with van der Waals surface area (Å²) >= 11 is 2.01. The van der Waals surface area contributed by atoms with Crippen molar-refractivity contribution in [3.8, 4) is 0 Å². The zero-order valence-corrected chi connectivity index (χ0v) is 11.0. The van der Waals surface area contributed by atoms with Crippen LogP contribution in [0.1, 0.15) is 17.5 Å². The molecule has 1 aromatic rings. The number of nitrogen functional groups attached to an aromatic ring is 1. The summed E-state index contributed by atoms with van der Waals surface area (Å²) in [6.07, 6.45) is 1.20. The molecule has 0 amide bonds. The average molecular weight is 249 g/mol. The molecule has 0 spiro atoms. The minimum absolute atomic E-state index is 0.164. The molecule has 1 heterocycles. The van der Waals surface area contributed by atoms with Crippen LogP contribution in [0.25, 0.3) is 0 Å². The van der Waals surface area contributed by atoms with Crippen LogP contribution in [0.2, 0.25) is 0 Å². The predicted octanol–water partition coefficient (Wildman–Crippen LogP) is 2.22. The first-order chi connectivity index (χ1) is 8.18. The standard InChI is InChI=1S/C13H19N3S/c1-10-3-4-11(13(14)15)12(9-10)16-5-2-7-17-8-6-16/h3-4,9H,2,5-8H2,1H3,(H3,14,15). The third-order valence-electron chi connectivity index (χ3n) is 3.01. The largest absolute Gasteiger partial charge is 0.384 e. The Balaban J connectivity index is 2.34.